The van der Waals surface area contributed by atoms with Gasteiger partial charge in [0.2, 0.25) is 0 Å². The third-order valence-electron chi connectivity index (χ3n) is 6.47. The number of nitrogens with one attached hydrogen (secondary N) is 3. The molecule has 29 heavy (non-hydrogen) atoms. The van der Waals surface area contributed by atoms with Gasteiger partial charge < -0.3 is 20.2 Å². The molecule has 4 rings (SSSR count). The fraction of sp³-hybridized carbons (Fsp3) is 0.955. The number of hydrogen-bond acceptors (Lipinski definition) is 6. The molecule has 0 aromatic rings. The van der Waals surface area contributed by atoms with Crippen LogP contribution in [0.15, 0.2) is 0 Å². The second kappa shape index (κ2) is 14.4. The van der Waals surface area contributed by atoms with Gasteiger partial charge in [-0.05, 0) is 58.0 Å². The summed E-state index contributed by atoms with van der Waals surface area (Å²) in [5, 5.41) is 6.53. The number of ether oxygens (including phenoxy) is 1. The Bertz CT molecular complexity index is 418. The highest BCUT2D eigenvalue weighted by Gasteiger charge is 2.42. The van der Waals surface area contributed by atoms with Gasteiger partial charge in [-0.25, -0.2) is 4.39 Å². The van der Waals surface area contributed by atoms with Crippen LogP contribution in [-0.2, 0) is 14.4 Å². The van der Waals surface area contributed by atoms with Gasteiger partial charge in [-0.15, -0.1) is 0 Å². The van der Waals surface area contributed by atoms with E-state index in [4.69, 9.17) is 9.57 Å². The average molecular weight is 416 g/mol. The highest BCUT2D eigenvalue weighted by molar-refractivity contribution is 5.57. The van der Waals surface area contributed by atoms with Crippen molar-refractivity contribution in [1.82, 2.24) is 16.1 Å². The largest absolute Gasteiger partial charge is 0.380 e. The maximum atomic E-state index is 13.6. The first-order chi connectivity index (χ1) is 14.2. The SMILES string of the molecule is C1CNCCOC1.CC1CCC(F)C2CC(C=O)NOC12.CNC1CCCCC1. The number of rotatable bonds is 2. The zero-order valence-electron chi connectivity index (χ0n) is 18.3. The highest BCUT2D eigenvalue weighted by Crippen LogP contribution is 2.37. The van der Waals surface area contributed by atoms with Crippen LogP contribution in [0, 0.1) is 11.8 Å². The van der Waals surface area contributed by atoms with Gasteiger partial charge in [0.1, 0.15) is 12.5 Å². The minimum absolute atomic E-state index is 0.0602. The van der Waals surface area contributed by atoms with Gasteiger partial charge >= 0.3 is 0 Å². The zero-order chi connectivity index (χ0) is 20.9. The molecule has 0 aromatic carbocycles. The molecule has 3 N–H and O–H groups in total. The molecule has 2 aliphatic heterocycles. The van der Waals surface area contributed by atoms with Crippen LogP contribution in [0.1, 0.15) is 64.7 Å². The van der Waals surface area contributed by atoms with Crippen LogP contribution < -0.4 is 16.1 Å². The van der Waals surface area contributed by atoms with E-state index in [1.54, 1.807) is 0 Å². The summed E-state index contributed by atoms with van der Waals surface area (Å²) < 4.78 is 18.7. The van der Waals surface area contributed by atoms with Gasteiger partial charge in [-0.1, -0.05) is 26.2 Å². The number of hydrogen-bond donors (Lipinski definition) is 3. The standard InChI is InChI=1S/C10H16FNO2.C7H15N.C5H11NO/c1-6-2-3-9(11)8-4-7(5-13)12-14-10(6)8;1-8-7-5-3-2-4-6-7;1-2-6-3-5-7-4-1/h5-10,12H,2-4H2,1H3;7-8H,2-6H2,1H3;6H,1-5H2. The van der Waals surface area contributed by atoms with Crippen molar-refractivity contribution in [3.8, 4) is 0 Å². The van der Waals surface area contributed by atoms with Crippen molar-refractivity contribution in [2.75, 3.05) is 33.4 Å². The van der Waals surface area contributed by atoms with Gasteiger partial charge in [0, 0.05) is 25.1 Å². The Hall–Kier alpha value is -0.600. The Morgan fingerprint density at radius 2 is 1.83 bits per heavy atom. The molecular formula is C22H42FN3O3. The molecular weight excluding hydrogens is 373 g/mol. The summed E-state index contributed by atoms with van der Waals surface area (Å²) in [7, 11) is 2.07. The Balaban J connectivity index is 0.000000170. The molecule has 170 valence electrons. The fourth-order valence-electron chi connectivity index (χ4n) is 4.57. The molecule has 2 saturated carbocycles. The first-order valence-corrected chi connectivity index (χ1v) is 11.6. The topological polar surface area (TPSA) is 71.6 Å². The predicted octanol–water partition coefficient (Wildman–Crippen LogP) is 2.77. The first-order valence-electron chi connectivity index (χ1n) is 11.6. The van der Waals surface area contributed by atoms with E-state index in [1.165, 1.54) is 38.5 Å². The first kappa shape index (κ1) is 24.7. The van der Waals surface area contributed by atoms with E-state index in [1.807, 2.05) is 0 Å². The average Bonchev–Trinajstić information content (AvgIpc) is 3.11. The summed E-state index contributed by atoms with van der Waals surface area (Å²) in [6, 6.07) is 0.503. The fourth-order valence-corrected chi connectivity index (χ4v) is 4.57. The van der Waals surface area contributed by atoms with E-state index in [2.05, 4.69) is 30.1 Å². The van der Waals surface area contributed by atoms with Crippen molar-refractivity contribution in [2.45, 2.75) is 89.1 Å². The van der Waals surface area contributed by atoms with Crippen LogP contribution >= 0.6 is 0 Å². The maximum absolute atomic E-state index is 13.6. The van der Waals surface area contributed by atoms with Gasteiger partial charge in [0.05, 0.1) is 18.8 Å². The molecule has 2 saturated heterocycles. The van der Waals surface area contributed by atoms with Crippen molar-refractivity contribution in [1.29, 1.82) is 0 Å². The molecule has 2 aliphatic carbocycles. The summed E-state index contributed by atoms with van der Waals surface area (Å²) in [4.78, 5) is 15.9. The third-order valence-corrected chi connectivity index (χ3v) is 6.47. The second-order valence-corrected chi connectivity index (χ2v) is 8.75. The Morgan fingerprint density at radius 3 is 2.52 bits per heavy atom. The molecule has 5 unspecified atom stereocenters. The van der Waals surface area contributed by atoms with Crippen molar-refractivity contribution in [3.63, 3.8) is 0 Å². The van der Waals surface area contributed by atoms with Crippen LogP contribution in [0.3, 0.4) is 0 Å². The van der Waals surface area contributed by atoms with Crippen LogP contribution in [0.2, 0.25) is 0 Å². The van der Waals surface area contributed by atoms with E-state index >= 15 is 0 Å². The number of halogens is 1. The van der Waals surface area contributed by atoms with Crippen molar-refractivity contribution in [3.05, 3.63) is 0 Å². The molecule has 0 bridgehead atoms. The summed E-state index contributed by atoms with van der Waals surface area (Å²) in [6.07, 6.45) is 10.3. The molecule has 2 heterocycles. The van der Waals surface area contributed by atoms with E-state index in [-0.39, 0.29) is 18.1 Å². The quantitative estimate of drug-likeness (QED) is 0.603. The molecule has 4 aliphatic rings. The summed E-state index contributed by atoms with van der Waals surface area (Å²) >= 11 is 0. The van der Waals surface area contributed by atoms with E-state index in [0.717, 1.165) is 45.1 Å². The molecule has 7 heteroatoms. The lowest BCUT2D eigenvalue weighted by atomic mass is 9.75. The summed E-state index contributed by atoms with van der Waals surface area (Å²) in [5.74, 6) is 0.280. The van der Waals surface area contributed by atoms with Gasteiger partial charge in [0.25, 0.3) is 0 Å². The number of aldehydes is 1. The maximum Gasteiger partial charge on any atom is 0.139 e. The molecule has 0 spiro atoms. The number of hydroxylamine groups is 1. The molecule has 4 fully saturated rings. The van der Waals surface area contributed by atoms with E-state index < -0.39 is 6.17 Å². The third kappa shape index (κ3) is 8.97. The lowest BCUT2D eigenvalue weighted by Gasteiger charge is -2.42. The minimum Gasteiger partial charge on any atom is -0.380 e. The van der Waals surface area contributed by atoms with Gasteiger partial charge in [0.15, 0.2) is 0 Å². The number of carbonyl (C=O) groups is 1. The summed E-state index contributed by atoms with van der Waals surface area (Å²) in [5.41, 5.74) is 2.68. The van der Waals surface area contributed by atoms with Crippen LogP contribution in [-0.4, -0.2) is 64.0 Å². The lowest BCUT2D eigenvalue weighted by Crippen LogP contribution is -2.53. The minimum atomic E-state index is -0.805. The van der Waals surface area contributed by atoms with Gasteiger partial charge in [-0.2, -0.15) is 5.48 Å². The smallest absolute Gasteiger partial charge is 0.139 e. The normalized spacial score (nSPS) is 35.6. The van der Waals surface area contributed by atoms with Crippen molar-refractivity contribution in [2.24, 2.45) is 11.8 Å². The number of fused-ring (bicyclic) bond motifs is 1. The monoisotopic (exact) mass is 415 g/mol. The highest BCUT2D eigenvalue weighted by atomic mass is 19.1. The van der Waals surface area contributed by atoms with E-state index in [9.17, 15) is 9.18 Å². The lowest BCUT2D eigenvalue weighted by molar-refractivity contribution is -0.166. The Labute approximate surface area is 176 Å². The molecule has 0 aromatic heterocycles. The molecule has 0 amide bonds. The van der Waals surface area contributed by atoms with Crippen LogP contribution in [0.4, 0.5) is 4.39 Å². The van der Waals surface area contributed by atoms with Crippen LogP contribution in [0.25, 0.3) is 0 Å². The number of alkyl halides is 1. The molecule has 6 nitrogen and oxygen atoms in total. The second-order valence-electron chi connectivity index (χ2n) is 8.75. The predicted molar refractivity (Wildman–Crippen MR) is 114 cm³/mol. The van der Waals surface area contributed by atoms with Crippen molar-refractivity contribution < 1.29 is 18.8 Å². The van der Waals surface area contributed by atoms with Gasteiger partial charge in [-0.3, -0.25) is 4.84 Å². The summed E-state index contributed by atoms with van der Waals surface area (Å²) in [6.45, 7) is 6.06. The molecule has 5 atom stereocenters. The number of carbonyl (C=O) groups excluding carboxylic acids is 1. The van der Waals surface area contributed by atoms with Crippen LogP contribution in [0.5, 0.6) is 0 Å². The van der Waals surface area contributed by atoms with E-state index in [0.29, 0.717) is 18.8 Å². The Morgan fingerprint density at radius 1 is 1.03 bits per heavy atom. The van der Waals surface area contributed by atoms with Crippen molar-refractivity contribution >= 4 is 6.29 Å². The zero-order valence-corrected chi connectivity index (χ0v) is 18.3. The molecule has 0 radical (unpaired) electrons. The Kier molecular flexibility index (Phi) is 12.3.